The molecule has 2 atom stereocenters. The molecule has 0 saturated carbocycles. The third-order valence-corrected chi connectivity index (χ3v) is 3.19. The van der Waals surface area contributed by atoms with Gasteiger partial charge in [0, 0.05) is 25.7 Å². The van der Waals surface area contributed by atoms with Crippen LogP contribution in [0.25, 0.3) is 0 Å². The molecule has 13 heavy (non-hydrogen) atoms. The fourth-order valence-electron chi connectivity index (χ4n) is 2.48. The number of hydrogen-bond donors (Lipinski definition) is 0. The van der Waals surface area contributed by atoms with Crippen LogP contribution in [0.4, 0.5) is 0 Å². The molecule has 0 amide bonds. The van der Waals surface area contributed by atoms with Crippen molar-refractivity contribution in [2.24, 2.45) is 0 Å². The fourth-order valence-corrected chi connectivity index (χ4v) is 2.48. The van der Waals surface area contributed by atoms with Gasteiger partial charge in [-0.25, -0.2) is 0 Å². The Bertz CT molecular complexity index is 141. The molecular weight excluding hydrogens is 166 g/mol. The van der Waals surface area contributed by atoms with Crippen molar-refractivity contribution < 1.29 is 9.47 Å². The molecule has 2 fully saturated rings. The highest BCUT2D eigenvalue weighted by Gasteiger charge is 2.33. The maximum Gasteiger partial charge on any atom is 0.0622 e. The Hall–Kier alpha value is -0.120. The lowest BCUT2D eigenvalue weighted by molar-refractivity contribution is -0.0792. The van der Waals surface area contributed by atoms with Crippen molar-refractivity contribution in [3.8, 4) is 0 Å². The highest BCUT2D eigenvalue weighted by molar-refractivity contribution is 4.87. The van der Waals surface area contributed by atoms with E-state index in [1.54, 1.807) is 7.11 Å². The number of rotatable bonds is 3. The third kappa shape index (κ3) is 2.03. The van der Waals surface area contributed by atoms with E-state index in [1.807, 2.05) is 0 Å². The lowest BCUT2D eigenvalue weighted by atomic mass is 9.94. The van der Waals surface area contributed by atoms with Gasteiger partial charge in [-0.1, -0.05) is 6.42 Å². The Morgan fingerprint density at radius 3 is 2.62 bits per heavy atom. The zero-order valence-electron chi connectivity index (χ0n) is 8.37. The molecule has 2 aliphatic rings. The first-order chi connectivity index (χ1) is 6.42. The minimum absolute atomic E-state index is 0.669. The molecule has 2 rings (SSSR count). The van der Waals surface area contributed by atoms with E-state index in [4.69, 9.17) is 9.47 Å². The van der Waals surface area contributed by atoms with E-state index < -0.39 is 0 Å². The van der Waals surface area contributed by atoms with Crippen molar-refractivity contribution in [3.63, 3.8) is 0 Å². The number of methoxy groups -OCH3 is 1. The van der Waals surface area contributed by atoms with Crippen LogP contribution in [-0.2, 0) is 9.47 Å². The molecule has 2 aliphatic heterocycles. The number of nitrogens with zero attached hydrogens (tertiary/aromatic N) is 1. The Balaban J connectivity index is 1.90. The quantitative estimate of drug-likeness (QED) is 0.651. The van der Waals surface area contributed by atoms with E-state index >= 15 is 0 Å². The molecule has 2 saturated heterocycles. The van der Waals surface area contributed by atoms with E-state index in [-0.39, 0.29) is 0 Å². The van der Waals surface area contributed by atoms with Gasteiger partial charge in [-0.3, -0.25) is 4.90 Å². The molecule has 0 aliphatic carbocycles. The van der Waals surface area contributed by atoms with Crippen LogP contribution >= 0.6 is 0 Å². The van der Waals surface area contributed by atoms with Gasteiger partial charge in [0.15, 0.2) is 0 Å². The van der Waals surface area contributed by atoms with Crippen molar-refractivity contribution in [2.75, 3.05) is 33.5 Å². The summed E-state index contributed by atoms with van der Waals surface area (Å²) in [5.74, 6) is 0. The number of hydrogen-bond acceptors (Lipinski definition) is 3. The van der Waals surface area contributed by atoms with Crippen LogP contribution in [0.1, 0.15) is 19.3 Å². The summed E-state index contributed by atoms with van der Waals surface area (Å²) in [6.45, 7) is 3.79. The predicted molar refractivity (Wildman–Crippen MR) is 50.8 cm³/mol. The van der Waals surface area contributed by atoms with Crippen molar-refractivity contribution >= 4 is 0 Å². The molecule has 0 aromatic rings. The summed E-state index contributed by atoms with van der Waals surface area (Å²) in [5.41, 5.74) is 0. The van der Waals surface area contributed by atoms with Crippen LogP contribution in [0.3, 0.4) is 0 Å². The molecule has 0 aromatic carbocycles. The average Bonchev–Trinajstić information content (AvgIpc) is 2.14. The normalized spacial score (nSPS) is 34.8. The Morgan fingerprint density at radius 1 is 1.31 bits per heavy atom. The highest BCUT2D eigenvalue weighted by Crippen LogP contribution is 2.26. The standard InChI is InChI=1S/C10H19NO2/c1-12-6-5-11-9-3-2-4-10(11)8-13-7-9/h9-10H,2-8H2,1H3. The van der Waals surface area contributed by atoms with Gasteiger partial charge in [0.25, 0.3) is 0 Å². The maximum absolute atomic E-state index is 5.56. The van der Waals surface area contributed by atoms with Crippen molar-refractivity contribution in [1.82, 2.24) is 4.90 Å². The summed E-state index contributed by atoms with van der Waals surface area (Å²) < 4.78 is 10.7. The molecule has 2 unspecified atom stereocenters. The van der Waals surface area contributed by atoms with E-state index in [9.17, 15) is 0 Å². The van der Waals surface area contributed by atoms with Crippen LogP contribution in [0, 0.1) is 0 Å². The van der Waals surface area contributed by atoms with Gasteiger partial charge in [0.2, 0.25) is 0 Å². The summed E-state index contributed by atoms with van der Waals surface area (Å²) >= 11 is 0. The van der Waals surface area contributed by atoms with Crippen molar-refractivity contribution in [3.05, 3.63) is 0 Å². The van der Waals surface area contributed by atoms with Crippen LogP contribution in [0.15, 0.2) is 0 Å². The second-order valence-electron chi connectivity index (χ2n) is 4.01. The molecule has 2 heterocycles. The molecule has 0 aromatic heterocycles. The van der Waals surface area contributed by atoms with Crippen LogP contribution in [-0.4, -0.2) is 50.5 Å². The Kier molecular flexibility index (Phi) is 3.19. The topological polar surface area (TPSA) is 21.7 Å². The maximum atomic E-state index is 5.56. The third-order valence-electron chi connectivity index (χ3n) is 3.19. The van der Waals surface area contributed by atoms with E-state index in [0.29, 0.717) is 12.1 Å². The minimum Gasteiger partial charge on any atom is -0.383 e. The van der Waals surface area contributed by atoms with Gasteiger partial charge in [-0.2, -0.15) is 0 Å². The van der Waals surface area contributed by atoms with Gasteiger partial charge in [0.1, 0.15) is 0 Å². The molecule has 0 spiro atoms. The molecule has 3 heteroatoms. The number of piperidine rings is 1. The predicted octanol–water partition coefficient (Wildman–Crippen LogP) is 0.886. The summed E-state index contributed by atoms with van der Waals surface area (Å²) in [6.07, 6.45) is 3.99. The van der Waals surface area contributed by atoms with Gasteiger partial charge in [-0.15, -0.1) is 0 Å². The average molecular weight is 185 g/mol. The zero-order valence-corrected chi connectivity index (χ0v) is 8.37. The van der Waals surface area contributed by atoms with Gasteiger partial charge in [0.05, 0.1) is 19.8 Å². The second kappa shape index (κ2) is 4.40. The number of morpholine rings is 1. The van der Waals surface area contributed by atoms with E-state index in [1.165, 1.54) is 19.3 Å². The summed E-state index contributed by atoms with van der Waals surface area (Å²) in [5, 5.41) is 0. The van der Waals surface area contributed by atoms with Crippen LogP contribution in [0.5, 0.6) is 0 Å². The SMILES string of the molecule is COCCN1C2CCCC1COC2. The van der Waals surface area contributed by atoms with Gasteiger partial charge in [-0.05, 0) is 12.8 Å². The van der Waals surface area contributed by atoms with Crippen LogP contribution < -0.4 is 0 Å². The monoisotopic (exact) mass is 185 g/mol. The fraction of sp³-hybridized carbons (Fsp3) is 1.00. The van der Waals surface area contributed by atoms with Gasteiger partial charge < -0.3 is 9.47 Å². The first-order valence-corrected chi connectivity index (χ1v) is 5.24. The largest absolute Gasteiger partial charge is 0.383 e. The minimum atomic E-state index is 0.669. The zero-order chi connectivity index (χ0) is 9.10. The van der Waals surface area contributed by atoms with Gasteiger partial charge >= 0.3 is 0 Å². The molecule has 3 nitrogen and oxygen atoms in total. The first kappa shape index (κ1) is 9.44. The summed E-state index contributed by atoms with van der Waals surface area (Å²) in [4.78, 5) is 2.58. The first-order valence-electron chi connectivity index (χ1n) is 5.24. The second-order valence-corrected chi connectivity index (χ2v) is 4.01. The molecule has 0 radical (unpaired) electrons. The lowest BCUT2D eigenvalue weighted by Gasteiger charge is -2.45. The Morgan fingerprint density at radius 2 is 2.00 bits per heavy atom. The molecule has 2 bridgehead atoms. The molecular formula is C10H19NO2. The van der Waals surface area contributed by atoms with Crippen molar-refractivity contribution in [1.29, 1.82) is 0 Å². The summed E-state index contributed by atoms with van der Waals surface area (Å²) in [6, 6.07) is 1.34. The van der Waals surface area contributed by atoms with Crippen molar-refractivity contribution in [2.45, 2.75) is 31.3 Å². The number of ether oxygens (including phenoxy) is 2. The molecule has 0 N–H and O–H groups in total. The highest BCUT2D eigenvalue weighted by atomic mass is 16.5. The molecule has 76 valence electrons. The number of fused-ring (bicyclic) bond motifs is 2. The Labute approximate surface area is 80.0 Å². The summed E-state index contributed by atoms with van der Waals surface area (Å²) in [7, 11) is 1.77. The van der Waals surface area contributed by atoms with E-state index in [2.05, 4.69) is 4.90 Å². The van der Waals surface area contributed by atoms with E-state index in [0.717, 1.165) is 26.4 Å². The lowest BCUT2D eigenvalue weighted by Crippen LogP contribution is -2.55. The van der Waals surface area contributed by atoms with Crippen LogP contribution in [0.2, 0.25) is 0 Å². The smallest absolute Gasteiger partial charge is 0.0622 e.